The van der Waals surface area contributed by atoms with Crippen LogP contribution in [0.25, 0.3) is 0 Å². The van der Waals surface area contributed by atoms with Gasteiger partial charge in [-0.05, 0) is 49.9 Å². The Labute approximate surface area is 125 Å². The minimum absolute atomic E-state index is 0.0286. The molecule has 0 bridgehead atoms. The van der Waals surface area contributed by atoms with Crippen LogP contribution in [0.2, 0.25) is 5.02 Å². The maximum Gasteiger partial charge on any atom is 0.391 e. The topological polar surface area (TPSA) is 55.1 Å². The zero-order valence-corrected chi connectivity index (χ0v) is 12.0. The molecule has 1 fully saturated rings. The normalized spacial score (nSPS) is 26.4. The van der Waals surface area contributed by atoms with E-state index < -0.39 is 23.5 Å². The monoisotopic (exact) mass is 320 g/mol. The molecule has 116 valence electrons. The summed E-state index contributed by atoms with van der Waals surface area (Å²) in [4.78, 5) is 11.8. The number of alkyl halides is 3. The van der Waals surface area contributed by atoms with Crippen LogP contribution in [0.5, 0.6) is 0 Å². The molecule has 1 saturated carbocycles. The predicted molar refractivity (Wildman–Crippen MR) is 75.0 cm³/mol. The van der Waals surface area contributed by atoms with Crippen molar-refractivity contribution >= 4 is 23.2 Å². The lowest BCUT2D eigenvalue weighted by Gasteiger charge is -2.40. The van der Waals surface area contributed by atoms with Crippen molar-refractivity contribution in [3.05, 3.63) is 29.3 Å². The van der Waals surface area contributed by atoms with Crippen molar-refractivity contribution in [1.29, 1.82) is 0 Å². The molecule has 3 nitrogen and oxygen atoms in total. The predicted octanol–water partition coefficient (Wildman–Crippen LogP) is 3.73. The van der Waals surface area contributed by atoms with Crippen molar-refractivity contribution in [2.75, 3.05) is 5.32 Å². The molecule has 1 aromatic carbocycles. The van der Waals surface area contributed by atoms with Gasteiger partial charge >= 0.3 is 6.18 Å². The molecule has 3 N–H and O–H groups in total. The number of hydrogen-bond acceptors (Lipinski definition) is 2. The summed E-state index contributed by atoms with van der Waals surface area (Å²) in [6.07, 6.45) is -4.04. The first-order valence-corrected chi connectivity index (χ1v) is 7.01. The molecule has 0 aliphatic heterocycles. The molecule has 1 aromatic rings. The Morgan fingerprint density at radius 2 is 1.95 bits per heavy atom. The van der Waals surface area contributed by atoms with E-state index in [1.165, 1.54) is 0 Å². The van der Waals surface area contributed by atoms with Gasteiger partial charge < -0.3 is 11.1 Å². The first-order chi connectivity index (χ1) is 9.73. The van der Waals surface area contributed by atoms with E-state index in [4.69, 9.17) is 17.3 Å². The highest BCUT2D eigenvalue weighted by Gasteiger charge is 2.50. The highest BCUT2D eigenvalue weighted by molar-refractivity contribution is 6.30. The molecule has 1 amide bonds. The minimum atomic E-state index is -4.32. The number of primary amides is 1. The van der Waals surface area contributed by atoms with Crippen molar-refractivity contribution in [3.63, 3.8) is 0 Å². The van der Waals surface area contributed by atoms with E-state index in [1.807, 2.05) is 0 Å². The SMILES string of the molecule is NC(=O)C1(Nc2ccc(Cl)cc2)CCCC(C(F)(F)F)C1. The van der Waals surface area contributed by atoms with Gasteiger partial charge in [0.25, 0.3) is 0 Å². The van der Waals surface area contributed by atoms with Gasteiger partial charge in [-0.25, -0.2) is 0 Å². The summed E-state index contributed by atoms with van der Waals surface area (Å²) in [7, 11) is 0. The molecule has 7 heteroatoms. The van der Waals surface area contributed by atoms with Crippen LogP contribution in [-0.4, -0.2) is 17.6 Å². The average Bonchev–Trinajstić information content (AvgIpc) is 2.40. The summed E-state index contributed by atoms with van der Waals surface area (Å²) >= 11 is 5.77. The van der Waals surface area contributed by atoms with Crippen LogP contribution in [-0.2, 0) is 4.79 Å². The molecule has 0 saturated heterocycles. The largest absolute Gasteiger partial charge is 0.391 e. The number of hydrogen-bond donors (Lipinski definition) is 2. The Morgan fingerprint density at radius 3 is 2.48 bits per heavy atom. The van der Waals surface area contributed by atoms with Crippen LogP contribution in [0.15, 0.2) is 24.3 Å². The number of anilines is 1. The Bertz CT molecular complexity index is 518. The van der Waals surface area contributed by atoms with Crippen LogP contribution in [0.3, 0.4) is 0 Å². The number of amides is 1. The highest BCUT2D eigenvalue weighted by atomic mass is 35.5. The Hall–Kier alpha value is -1.43. The second kappa shape index (κ2) is 5.75. The van der Waals surface area contributed by atoms with Crippen molar-refractivity contribution in [1.82, 2.24) is 0 Å². The lowest BCUT2D eigenvalue weighted by atomic mass is 9.74. The zero-order chi connectivity index (χ0) is 15.7. The third-order valence-electron chi connectivity index (χ3n) is 3.91. The maximum absolute atomic E-state index is 12.9. The summed E-state index contributed by atoms with van der Waals surface area (Å²) in [6.45, 7) is 0. The smallest absolute Gasteiger partial charge is 0.371 e. The Balaban J connectivity index is 2.24. The summed E-state index contributed by atoms with van der Waals surface area (Å²) in [5, 5.41) is 3.40. The molecule has 0 radical (unpaired) electrons. The molecule has 21 heavy (non-hydrogen) atoms. The first-order valence-electron chi connectivity index (χ1n) is 6.63. The fourth-order valence-electron chi connectivity index (χ4n) is 2.76. The van der Waals surface area contributed by atoms with Gasteiger partial charge in [-0.2, -0.15) is 13.2 Å². The molecule has 2 atom stereocenters. The number of carbonyl (C=O) groups excluding carboxylic acids is 1. The van der Waals surface area contributed by atoms with Gasteiger partial charge in [0.1, 0.15) is 5.54 Å². The van der Waals surface area contributed by atoms with Crippen LogP contribution < -0.4 is 11.1 Å². The first kappa shape index (κ1) is 15.9. The molecule has 0 aromatic heterocycles. The van der Waals surface area contributed by atoms with Crippen LogP contribution >= 0.6 is 11.6 Å². The van der Waals surface area contributed by atoms with Crippen molar-refractivity contribution in [2.24, 2.45) is 11.7 Å². The number of halogens is 4. The maximum atomic E-state index is 12.9. The number of nitrogens with two attached hydrogens (primary N) is 1. The number of rotatable bonds is 3. The summed E-state index contributed by atoms with van der Waals surface area (Å²) in [6, 6.07) is 6.43. The van der Waals surface area contributed by atoms with Crippen LogP contribution in [0.1, 0.15) is 25.7 Å². The summed E-state index contributed by atoms with van der Waals surface area (Å²) < 4.78 is 38.8. The van der Waals surface area contributed by atoms with E-state index in [-0.39, 0.29) is 19.3 Å². The second-order valence-electron chi connectivity index (χ2n) is 5.41. The standard InChI is InChI=1S/C14H16ClF3N2O/c15-10-3-5-11(6-4-10)20-13(12(19)21)7-1-2-9(8-13)14(16,17)18/h3-6,9,20H,1-2,7-8H2,(H2,19,21). The lowest BCUT2D eigenvalue weighted by molar-refractivity contribution is -0.186. The Kier molecular flexibility index (Phi) is 4.37. The molecule has 0 spiro atoms. The fourth-order valence-corrected chi connectivity index (χ4v) is 2.89. The molecular weight excluding hydrogens is 305 g/mol. The Morgan fingerprint density at radius 1 is 1.33 bits per heavy atom. The molecular formula is C14H16ClF3N2O. The highest BCUT2D eigenvalue weighted by Crippen LogP contribution is 2.43. The molecule has 1 aliphatic carbocycles. The molecule has 0 heterocycles. The minimum Gasteiger partial charge on any atom is -0.371 e. The van der Waals surface area contributed by atoms with Gasteiger partial charge in [0.15, 0.2) is 0 Å². The van der Waals surface area contributed by atoms with Crippen LogP contribution in [0.4, 0.5) is 18.9 Å². The van der Waals surface area contributed by atoms with E-state index in [0.717, 1.165) is 0 Å². The second-order valence-corrected chi connectivity index (χ2v) is 5.85. The third kappa shape index (κ3) is 3.61. The van der Waals surface area contributed by atoms with Gasteiger partial charge in [0.05, 0.1) is 5.92 Å². The van der Waals surface area contributed by atoms with E-state index in [2.05, 4.69) is 5.32 Å². The average molecular weight is 321 g/mol. The number of carbonyl (C=O) groups is 1. The van der Waals surface area contributed by atoms with Gasteiger partial charge in [-0.3, -0.25) is 4.79 Å². The van der Waals surface area contributed by atoms with Crippen molar-refractivity contribution < 1.29 is 18.0 Å². The van der Waals surface area contributed by atoms with E-state index in [0.29, 0.717) is 17.1 Å². The van der Waals surface area contributed by atoms with Gasteiger partial charge in [-0.15, -0.1) is 0 Å². The van der Waals surface area contributed by atoms with Crippen molar-refractivity contribution in [3.8, 4) is 0 Å². The number of nitrogens with one attached hydrogen (secondary N) is 1. The van der Waals surface area contributed by atoms with E-state index in [9.17, 15) is 18.0 Å². The summed E-state index contributed by atoms with van der Waals surface area (Å²) in [5.74, 6) is -2.27. The summed E-state index contributed by atoms with van der Waals surface area (Å²) in [5.41, 5.74) is 4.55. The van der Waals surface area contributed by atoms with Gasteiger partial charge in [-0.1, -0.05) is 11.6 Å². The van der Waals surface area contributed by atoms with Gasteiger partial charge in [0, 0.05) is 10.7 Å². The van der Waals surface area contributed by atoms with Crippen LogP contribution in [0, 0.1) is 5.92 Å². The zero-order valence-electron chi connectivity index (χ0n) is 11.2. The lowest BCUT2D eigenvalue weighted by Crippen LogP contribution is -2.55. The molecule has 2 rings (SSSR count). The fraction of sp³-hybridized carbons (Fsp3) is 0.500. The molecule has 2 unspecified atom stereocenters. The molecule has 1 aliphatic rings. The van der Waals surface area contributed by atoms with Gasteiger partial charge in [0.2, 0.25) is 5.91 Å². The third-order valence-corrected chi connectivity index (χ3v) is 4.17. The van der Waals surface area contributed by atoms with E-state index in [1.54, 1.807) is 24.3 Å². The quantitative estimate of drug-likeness (QED) is 0.891. The number of benzene rings is 1. The van der Waals surface area contributed by atoms with Crippen molar-refractivity contribution in [2.45, 2.75) is 37.4 Å². The van der Waals surface area contributed by atoms with E-state index >= 15 is 0 Å².